The molecule has 28 heavy (non-hydrogen) atoms. The van der Waals surface area contributed by atoms with Crippen LogP contribution in [-0.4, -0.2) is 23.0 Å². The van der Waals surface area contributed by atoms with E-state index in [2.05, 4.69) is 20.8 Å². The largest absolute Gasteiger partial charge is 0.550 e. The lowest BCUT2D eigenvalue weighted by molar-refractivity contribution is -0.306. The van der Waals surface area contributed by atoms with Gasteiger partial charge in [-0.25, -0.2) is 0 Å². The van der Waals surface area contributed by atoms with Crippen molar-refractivity contribution in [2.45, 2.75) is 84.7 Å². The molecule has 4 heteroatoms. The number of carbonyl (C=O) groups is 2. The highest BCUT2D eigenvalue weighted by Gasteiger charge is 2.61. The number of carboxylic acids is 1. The minimum absolute atomic E-state index is 0.0673. The summed E-state index contributed by atoms with van der Waals surface area (Å²) >= 11 is 0. The molecule has 0 aromatic carbocycles. The van der Waals surface area contributed by atoms with Gasteiger partial charge in [0.1, 0.15) is 0 Å². The Labute approximate surface area is 168 Å². The van der Waals surface area contributed by atoms with Gasteiger partial charge in [0.2, 0.25) is 0 Å². The number of aliphatic hydroxyl groups excluding tert-OH is 1. The molecule has 0 bridgehead atoms. The van der Waals surface area contributed by atoms with Crippen LogP contribution in [0.3, 0.4) is 0 Å². The zero-order chi connectivity index (χ0) is 20.3. The molecular weight excluding hydrogens is 352 g/mol. The Bertz CT molecular complexity index is 697. The number of rotatable bonds is 4. The number of ketones is 1. The molecule has 1 N–H and O–H groups in total. The van der Waals surface area contributed by atoms with Gasteiger partial charge in [-0.05, 0) is 97.9 Å². The Morgan fingerprint density at radius 2 is 2.00 bits per heavy atom. The van der Waals surface area contributed by atoms with Crippen molar-refractivity contribution in [3.8, 4) is 0 Å². The van der Waals surface area contributed by atoms with E-state index in [0.29, 0.717) is 48.9 Å². The van der Waals surface area contributed by atoms with E-state index < -0.39 is 5.97 Å². The van der Waals surface area contributed by atoms with Crippen molar-refractivity contribution in [1.29, 1.82) is 0 Å². The molecule has 0 saturated heterocycles. The van der Waals surface area contributed by atoms with Gasteiger partial charge < -0.3 is 15.0 Å². The minimum atomic E-state index is -0.947. The summed E-state index contributed by atoms with van der Waals surface area (Å²) < 4.78 is 0. The number of hydrogen-bond donors (Lipinski definition) is 1. The third-order valence-electron chi connectivity index (χ3n) is 9.55. The smallest absolute Gasteiger partial charge is 0.155 e. The summed E-state index contributed by atoms with van der Waals surface area (Å²) in [5.41, 5.74) is 1.45. The average Bonchev–Trinajstić information content (AvgIpc) is 2.98. The average molecular weight is 388 g/mol. The fraction of sp³-hybridized carbons (Fsp3) is 0.833. The van der Waals surface area contributed by atoms with Crippen LogP contribution in [0.25, 0.3) is 0 Å². The van der Waals surface area contributed by atoms with Crippen molar-refractivity contribution in [3.05, 3.63) is 11.6 Å². The van der Waals surface area contributed by atoms with Gasteiger partial charge in [-0.1, -0.05) is 26.3 Å². The van der Waals surface area contributed by atoms with E-state index >= 15 is 0 Å². The predicted octanol–water partition coefficient (Wildman–Crippen LogP) is 3.27. The molecular formula is C24H35O4-. The molecule has 4 rings (SSSR count). The second-order valence-corrected chi connectivity index (χ2v) is 10.7. The molecule has 8 atom stereocenters. The van der Waals surface area contributed by atoms with Crippen molar-refractivity contribution in [3.63, 3.8) is 0 Å². The van der Waals surface area contributed by atoms with Crippen LogP contribution in [0.1, 0.15) is 78.6 Å². The van der Waals surface area contributed by atoms with Crippen LogP contribution in [0.5, 0.6) is 0 Å². The van der Waals surface area contributed by atoms with Crippen LogP contribution < -0.4 is 5.11 Å². The highest BCUT2D eigenvalue weighted by atomic mass is 16.4. The van der Waals surface area contributed by atoms with Crippen LogP contribution in [0, 0.1) is 40.4 Å². The number of hydrogen-bond acceptors (Lipinski definition) is 4. The highest BCUT2D eigenvalue weighted by molar-refractivity contribution is 5.91. The van der Waals surface area contributed by atoms with Crippen molar-refractivity contribution < 1.29 is 19.8 Å². The molecule has 156 valence electrons. The predicted molar refractivity (Wildman–Crippen MR) is 105 cm³/mol. The fourth-order valence-corrected chi connectivity index (χ4v) is 8.05. The van der Waals surface area contributed by atoms with Crippen LogP contribution in [0.4, 0.5) is 0 Å². The molecule has 4 aliphatic carbocycles. The number of fused-ring (bicyclic) bond motifs is 5. The van der Waals surface area contributed by atoms with Crippen LogP contribution in [0.15, 0.2) is 11.6 Å². The van der Waals surface area contributed by atoms with Gasteiger partial charge in [0.05, 0.1) is 6.10 Å². The molecule has 3 fully saturated rings. The van der Waals surface area contributed by atoms with Crippen molar-refractivity contribution in [2.75, 3.05) is 0 Å². The van der Waals surface area contributed by atoms with Gasteiger partial charge >= 0.3 is 0 Å². The lowest BCUT2D eigenvalue weighted by Gasteiger charge is -2.59. The maximum absolute atomic E-state index is 12.0. The molecule has 0 radical (unpaired) electrons. The Morgan fingerprint density at radius 1 is 1.25 bits per heavy atom. The minimum Gasteiger partial charge on any atom is -0.550 e. The molecule has 0 unspecified atom stereocenters. The molecule has 4 nitrogen and oxygen atoms in total. The van der Waals surface area contributed by atoms with Crippen LogP contribution >= 0.6 is 0 Å². The van der Waals surface area contributed by atoms with Gasteiger partial charge in [-0.15, -0.1) is 0 Å². The Morgan fingerprint density at radius 3 is 2.71 bits per heavy atom. The van der Waals surface area contributed by atoms with Crippen LogP contribution in [0.2, 0.25) is 0 Å². The van der Waals surface area contributed by atoms with E-state index in [1.54, 1.807) is 0 Å². The summed E-state index contributed by atoms with van der Waals surface area (Å²) in [4.78, 5) is 22.9. The summed E-state index contributed by atoms with van der Waals surface area (Å²) in [7, 11) is 0. The normalized spacial score (nSPS) is 46.2. The Balaban J connectivity index is 1.59. The molecule has 3 saturated carbocycles. The molecule has 4 aliphatic rings. The van der Waals surface area contributed by atoms with Gasteiger partial charge in [-0.3, -0.25) is 4.79 Å². The Hall–Kier alpha value is -1.16. The van der Waals surface area contributed by atoms with E-state index in [1.165, 1.54) is 5.57 Å². The van der Waals surface area contributed by atoms with Crippen molar-refractivity contribution in [2.24, 2.45) is 40.4 Å². The van der Waals surface area contributed by atoms with Gasteiger partial charge in [0, 0.05) is 12.4 Å². The molecule has 0 amide bonds. The second kappa shape index (κ2) is 6.97. The molecule has 0 heterocycles. The van der Waals surface area contributed by atoms with Gasteiger partial charge in [-0.2, -0.15) is 0 Å². The summed E-state index contributed by atoms with van der Waals surface area (Å²) in [5, 5.41) is 22.1. The first-order chi connectivity index (χ1) is 13.2. The molecule has 0 aliphatic heterocycles. The zero-order valence-corrected chi connectivity index (χ0v) is 17.6. The van der Waals surface area contributed by atoms with E-state index in [9.17, 15) is 19.8 Å². The Kier molecular flexibility index (Phi) is 5.01. The number of carboxylic acid groups (broad SMARTS) is 1. The molecule has 0 aromatic rings. The summed E-state index contributed by atoms with van der Waals surface area (Å²) in [5.74, 6) is 1.47. The number of aliphatic hydroxyl groups is 1. The number of carbonyl (C=O) groups excluding carboxylic acids is 2. The lowest BCUT2D eigenvalue weighted by Crippen LogP contribution is -2.55. The summed E-state index contributed by atoms with van der Waals surface area (Å²) in [6.07, 6.45) is 9.11. The maximum Gasteiger partial charge on any atom is 0.155 e. The van der Waals surface area contributed by atoms with Gasteiger partial charge in [0.25, 0.3) is 0 Å². The fourth-order valence-electron chi connectivity index (χ4n) is 8.05. The van der Waals surface area contributed by atoms with E-state index in [0.717, 1.165) is 32.1 Å². The SMILES string of the molecule is C[C@H](CCC(=O)[O-])[C@H]1CC[C@H]2[C@@H]3[C@@H](O)CC4=CC(=O)CC[C@]4(C)[C@H]3CC[C@]12C. The first-order valence-corrected chi connectivity index (χ1v) is 11.3. The lowest BCUT2D eigenvalue weighted by atomic mass is 9.45. The highest BCUT2D eigenvalue weighted by Crippen LogP contribution is 2.67. The number of aliphatic carboxylic acids is 1. The monoisotopic (exact) mass is 387 g/mol. The van der Waals surface area contributed by atoms with Crippen LogP contribution in [-0.2, 0) is 9.59 Å². The quantitative estimate of drug-likeness (QED) is 0.803. The van der Waals surface area contributed by atoms with Crippen molar-refractivity contribution >= 4 is 11.8 Å². The molecule has 0 aromatic heterocycles. The molecule has 0 spiro atoms. The first kappa shape index (κ1) is 20.1. The standard InChI is InChI=1S/C24H36O4/c1-14(4-7-21(27)28)17-5-6-18-22-19(9-11-24(17,18)3)23(2)10-8-16(25)12-15(23)13-20(22)26/h12,14,17-20,22,26H,4-11,13H2,1-3H3,(H,27,28)/p-1/t14-,17-,18+,19+,20+,22+,23+,24-/m1/s1. The first-order valence-electron chi connectivity index (χ1n) is 11.3. The van der Waals surface area contributed by atoms with E-state index in [4.69, 9.17) is 0 Å². The van der Waals surface area contributed by atoms with E-state index in [-0.39, 0.29) is 29.1 Å². The van der Waals surface area contributed by atoms with E-state index in [1.807, 2.05) is 6.08 Å². The second-order valence-electron chi connectivity index (χ2n) is 10.7. The summed E-state index contributed by atoms with van der Waals surface area (Å²) in [6.45, 7) is 6.96. The maximum atomic E-state index is 12.0. The third kappa shape index (κ3) is 2.98. The van der Waals surface area contributed by atoms with Gasteiger partial charge in [0.15, 0.2) is 5.78 Å². The topological polar surface area (TPSA) is 77.4 Å². The summed E-state index contributed by atoms with van der Waals surface area (Å²) in [6, 6.07) is 0. The third-order valence-corrected chi connectivity index (χ3v) is 9.55. The van der Waals surface area contributed by atoms with Crippen molar-refractivity contribution in [1.82, 2.24) is 0 Å². The zero-order valence-electron chi connectivity index (χ0n) is 17.6.